The summed E-state index contributed by atoms with van der Waals surface area (Å²) in [5.74, 6) is 0. The second kappa shape index (κ2) is 6.40. The molecular weight excluding hydrogens is 208 g/mol. The third-order valence-corrected chi connectivity index (χ3v) is 2.03. The topological polar surface area (TPSA) is 53.4 Å². The second-order valence-electron chi connectivity index (χ2n) is 3.39. The lowest BCUT2D eigenvalue weighted by Crippen LogP contribution is -2.31. The van der Waals surface area contributed by atoms with Crippen LogP contribution in [0, 0.1) is 6.92 Å². The van der Waals surface area contributed by atoms with E-state index in [9.17, 15) is 4.79 Å². The second-order valence-corrected chi connectivity index (χ2v) is 3.39. The first kappa shape index (κ1) is 12.9. The molecule has 0 saturated carbocycles. The van der Waals surface area contributed by atoms with Crippen molar-refractivity contribution >= 4 is 0 Å². The molecule has 0 saturated heterocycles. The Kier molecular flexibility index (Phi) is 5.14. The van der Waals surface area contributed by atoms with Crippen molar-refractivity contribution in [3.8, 4) is 0 Å². The summed E-state index contributed by atoms with van der Waals surface area (Å²) in [5.41, 5.74) is 0.718. The lowest BCUT2D eigenvalue weighted by Gasteiger charge is -2.17. The lowest BCUT2D eigenvalue weighted by molar-refractivity contribution is -0.145. The van der Waals surface area contributed by atoms with E-state index in [1.54, 1.807) is 12.3 Å². The van der Waals surface area contributed by atoms with E-state index in [-0.39, 0.29) is 5.56 Å². The molecule has 16 heavy (non-hydrogen) atoms. The molecule has 0 bridgehead atoms. The van der Waals surface area contributed by atoms with E-state index < -0.39 is 6.29 Å². The highest BCUT2D eigenvalue weighted by atomic mass is 16.7. The molecule has 0 radical (unpaired) electrons. The molecule has 0 aliphatic rings. The summed E-state index contributed by atoms with van der Waals surface area (Å²) < 4.78 is 12.0. The molecule has 90 valence electrons. The van der Waals surface area contributed by atoms with Gasteiger partial charge in [-0.15, -0.1) is 0 Å². The number of ether oxygens (including phenoxy) is 2. The molecule has 0 aliphatic carbocycles. The number of hydrogen-bond donors (Lipinski definition) is 0. The van der Waals surface area contributed by atoms with Crippen LogP contribution >= 0.6 is 0 Å². The largest absolute Gasteiger partial charge is 0.351 e. The van der Waals surface area contributed by atoms with Gasteiger partial charge in [-0.25, -0.2) is 4.68 Å². The van der Waals surface area contributed by atoms with Gasteiger partial charge in [0.1, 0.15) is 0 Å². The zero-order valence-corrected chi connectivity index (χ0v) is 9.97. The zero-order valence-electron chi connectivity index (χ0n) is 9.97. The van der Waals surface area contributed by atoms with Gasteiger partial charge in [0.05, 0.1) is 12.7 Å². The van der Waals surface area contributed by atoms with E-state index in [1.807, 2.05) is 20.8 Å². The van der Waals surface area contributed by atoms with Crippen molar-refractivity contribution in [2.45, 2.75) is 33.6 Å². The average molecular weight is 226 g/mol. The summed E-state index contributed by atoms with van der Waals surface area (Å²) in [6, 6.07) is 1.54. The maximum Gasteiger partial charge on any atom is 0.267 e. The predicted molar refractivity (Wildman–Crippen MR) is 60.3 cm³/mol. The molecule has 5 heteroatoms. The summed E-state index contributed by atoms with van der Waals surface area (Å²) in [4.78, 5) is 11.6. The van der Waals surface area contributed by atoms with Crippen LogP contribution < -0.4 is 5.56 Å². The molecule has 0 amide bonds. The summed E-state index contributed by atoms with van der Waals surface area (Å²) in [6.45, 7) is 7.02. The molecule has 0 aromatic carbocycles. The average Bonchev–Trinajstić information content (AvgIpc) is 2.23. The fourth-order valence-electron chi connectivity index (χ4n) is 1.33. The van der Waals surface area contributed by atoms with E-state index in [0.717, 1.165) is 5.56 Å². The molecule has 0 unspecified atom stereocenters. The Balaban J connectivity index is 2.72. The van der Waals surface area contributed by atoms with Crippen molar-refractivity contribution < 1.29 is 9.47 Å². The van der Waals surface area contributed by atoms with Gasteiger partial charge < -0.3 is 9.47 Å². The first-order valence-corrected chi connectivity index (χ1v) is 5.44. The number of aromatic nitrogens is 2. The number of aryl methyl sites for hydroxylation is 1. The normalized spacial score (nSPS) is 11.0. The number of rotatable bonds is 6. The Hall–Kier alpha value is -1.20. The molecule has 0 aliphatic heterocycles. The first-order valence-electron chi connectivity index (χ1n) is 5.44. The summed E-state index contributed by atoms with van der Waals surface area (Å²) in [5, 5.41) is 4.03. The molecule has 1 aromatic rings. The van der Waals surface area contributed by atoms with E-state index in [1.165, 1.54) is 4.68 Å². The number of nitrogens with zero attached hydrogens (tertiary/aromatic N) is 2. The maximum atomic E-state index is 11.6. The molecule has 1 rings (SSSR count). The van der Waals surface area contributed by atoms with Crippen molar-refractivity contribution in [2.24, 2.45) is 0 Å². The van der Waals surface area contributed by atoms with Crippen molar-refractivity contribution in [1.29, 1.82) is 0 Å². The highest BCUT2D eigenvalue weighted by molar-refractivity contribution is 5.02. The van der Waals surface area contributed by atoms with Gasteiger partial charge in [-0.2, -0.15) is 5.10 Å². The quantitative estimate of drug-likeness (QED) is 0.678. The highest BCUT2D eigenvalue weighted by Crippen LogP contribution is 1.98. The molecule has 0 N–H and O–H groups in total. The van der Waals surface area contributed by atoms with Crippen LogP contribution in [0.1, 0.15) is 19.4 Å². The SMILES string of the molecule is CCOC(Cn1ncc(C)cc1=O)OCC. The van der Waals surface area contributed by atoms with Crippen LogP contribution in [0.5, 0.6) is 0 Å². The third-order valence-electron chi connectivity index (χ3n) is 2.03. The molecule has 5 nitrogen and oxygen atoms in total. The minimum Gasteiger partial charge on any atom is -0.351 e. The molecule has 0 spiro atoms. The van der Waals surface area contributed by atoms with Gasteiger partial charge in [0.2, 0.25) is 0 Å². The highest BCUT2D eigenvalue weighted by Gasteiger charge is 2.10. The van der Waals surface area contributed by atoms with E-state index in [2.05, 4.69) is 5.10 Å². The van der Waals surface area contributed by atoms with Gasteiger partial charge >= 0.3 is 0 Å². The fourth-order valence-corrected chi connectivity index (χ4v) is 1.33. The van der Waals surface area contributed by atoms with Crippen LogP contribution in [-0.2, 0) is 16.0 Å². The van der Waals surface area contributed by atoms with Crippen LogP contribution in [0.15, 0.2) is 17.1 Å². The molecule has 0 atom stereocenters. The standard InChI is InChI=1S/C11H18N2O3/c1-4-15-11(16-5-2)8-13-10(14)6-9(3)7-12-13/h6-7,11H,4-5,8H2,1-3H3. The summed E-state index contributed by atoms with van der Waals surface area (Å²) in [7, 11) is 0. The Morgan fingerprint density at radius 3 is 2.50 bits per heavy atom. The van der Waals surface area contributed by atoms with Crippen LogP contribution in [0.3, 0.4) is 0 Å². The maximum absolute atomic E-state index is 11.6. The lowest BCUT2D eigenvalue weighted by atomic mass is 10.3. The Morgan fingerprint density at radius 1 is 1.38 bits per heavy atom. The molecule has 1 aromatic heterocycles. The summed E-state index contributed by atoms with van der Waals surface area (Å²) in [6.07, 6.45) is 1.24. The van der Waals surface area contributed by atoms with Crippen molar-refractivity contribution in [2.75, 3.05) is 13.2 Å². The van der Waals surface area contributed by atoms with Crippen molar-refractivity contribution in [1.82, 2.24) is 9.78 Å². The van der Waals surface area contributed by atoms with Gasteiger partial charge in [0.15, 0.2) is 6.29 Å². The minimum atomic E-state index is -0.414. The van der Waals surface area contributed by atoms with Crippen LogP contribution in [0.25, 0.3) is 0 Å². The van der Waals surface area contributed by atoms with Crippen molar-refractivity contribution in [3.63, 3.8) is 0 Å². The molecule has 0 fully saturated rings. The molecule has 1 heterocycles. The third kappa shape index (κ3) is 3.75. The molecular formula is C11H18N2O3. The van der Waals surface area contributed by atoms with Crippen LogP contribution in [-0.4, -0.2) is 29.3 Å². The fraction of sp³-hybridized carbons (Fsp3) is 0.636. The number of hydrogen-bond acceptors (Lipinski definition) is 4. The van der Waals surface area contributed by atoms with Gasteiger partial charge in [-0.3, -0.25) is 4.79 Å². The van der Waals surface area contributed by atoms with Gasteiger partial charge in [0.25, 0.3) is 5.56 Å². The van der Waals surface area contributed by atoms with E-state index in [0.29, 0.717) is 19.8 Å². The Morgan fingerprint density at radius 2 is 2.00 bits per heavy atom. The Bertz CT molecular complexity index is 370. The van der Waals surface area contributed by atoms with Crippen molar-refractivity contribution in [3.05, 3.63) is 28.2 Å². The van der Waals surface area contributed by atoms with E-state index in [4.69, 9.17) is 9.47 Å². The zero-order chi connectivity index (χ0) is 12.0. The van der Waals surface area contributed by atoms with Gasteiger partial charge in [-0.1, -0.05) is 0 Å². The predicted octanol–water partition coefficient (Wildman–Crippen LogP) is 0.951. The van der Waals surface area contributed by atoms with Crippen LogP contribution in [0.4, 0.5) is 0 Å². The first-order chi connectivity index (χ1) is 7.67. The Labute approximate surface area is 95.0 Å². The summed E-state index contributed by atoms with van der Waals surface area (Å²) >= 11 is 0. The van der Waals surface area contributed by atoms with Crippen LogP contribution in [0.2, 0.25) is 0 Å². The monoisotopic (exact) mass is 226 g/mol. The van der Waals surface area contributed by atoms with E-state index >= 15 is 0 Å². The minimum absolute atomic E-state index is 0.135. The van der Waals surface area contributed by atoms with Gasteiger partial charge in [-0.05, 0) is 26.3 Å². The van der Waals surface area contributed by atoms with Gasteiger partial charge in [0, 0.05) is 19.3 Å². The smallest absolute Gasteiger partial charge is 0.267 e.